The summed E-state index contributed by atoms with van der Waals surface area (Å²) in [6.07, 6.45) is 5.04. The predicted octanol–water partition coefficient (Wildman–Crippen LogP) is 4.72. The summed E-state index contributed by atoms with van der Waals surface area (Å²) in [5.74, 6) is 0.533. The minimum Gasteiger partial charge on any atom is -0.349 e. The Balaban J connectivity index is 1.46. The number of hydrogen-bond acceptors (Lipinski definition) is 4. The van der Waals surface area contributed by atoms with Gasteiger partial charge in [-0.1, -0.05) is 25.0 Å². The molecule has 2 heterocycles. The van der Waals surface area contributed by atoms with Crippen LogP contribution in [-0.2, 0) is 11.2 Å². The zero-order valence-electron chi connectivity index (χ0n) is 17.3. The third-order valence-corrected chi connectivity index (χ3v) is 7.19. The molecule has 1 fully saturated rings. The van der Waals surface area contributed by atoms with Gasteiger partial charge in [0.05, 0.1) is 11.4 Å². The summed E-state index contributed by atoms with van der Waals surface area (Å²) >= 11 is 1.50. The number of H-pyrrole nitrogens is 1. The quantitative estimate of drug-likeness (QED) is 0.598. The molecule has 30 heavy (non-hydrogen) atoms. The Bertz CT molecular complexity index is 1110. The minimum atomic E-state index is -0.278. The molecule has 1 aliphatic rings. The van der Waals surface area contributed by atoms with Crippen molar-refractivity contribution in [1.82, 2.24) is 15.3 Å². The fraction of sp³-hybridized carbons (Fsp3) is 0.435. The molecule has 4 rings (SSSR count). The normalized spacial score (nSPS) is 15.6. The number of carbonyl (C=O) groups excluding carboxylic acids is 1. The Labute approximate surface area is 178 Å². The number of rotatable bonds is 6. The van der Waals surface area contributed by atoms with E-state index in [1.54, 1.807) is 12.1 Å². The van der Waals surface area contributed by atoms with Crippen LogP contribution < -0.4 is 10.9 Å². The maximum atomic E-state index is 13.3. The Kier molecular flexibility index (Phi) is 5.99. The van der Waals surface area contributed by atoms with Gasteiger partial charge in [-0.2, -0.15) is 0 Å². The van der Waals surface area contributed by atoms with Gasteiger partial charge < -0.3 is 10.3 Å². The van der Waals surface area contributed by atoms with Crippen LogP contribution in [0.25, 0.3) is 10.2 Å². The van der Waals surface area contributed by atoms with Crippen LogP contribution in [0, 0.1) is 25.6 Å². The molecule has 0 bridgehead atoms. The average Bonchev–Trinajstić information content (AvgIpc) is 3.34. The first-order valence-electron chi connectivity index (χ1n) is 10.5. The number of fused-ring (bicyclic) bond motifs is 1. The van der Waals surface area contributed by atoms with Crippen molar-refractivity contribution in [2.24, 2.45) is 5.92 Å². The summed E-state index contributed by atoms with van der Waals surface area (Å²) in [6, 6.07) is 6.29. The van der Waals surface area contributed by atoms with Gasteiger partial charge in [0.15, 0.2) is 0 Å². The van der Waals surface area contributed by atoms with Crippen molar-refractivity contribution < 1.29 is 9.18 Å². The van der Waals surface area contributed by atoms with Crippen molar-refractivity contribution in [2.45, 2.75) is 58.4 Å². The number of nitrogens with zero attached hydrogens (tertiary/aromatic N) is 1. The SMILES string of the molecule is Cc1sc2nc(CCC(=O)NC(c3ccc(F)cc3)C3CCCC3)[nH]c(=O)c2c1C. The monoisotopic (exact) mass is 427 g/mol. The zero-order chi connectivity index (χ0) is 21.3. The molecular weight excluding hydrogens is 401 g/mol. The van der Waals surface area contributed by atoms with Crippen LogP contribution in [0.1, 0.15) is 60.0 Å². The first-order valence-corrected chi connectivity index (χ1v) is 11.3. The molecule has 3 aromatic rings. The summed E-state index contributed by atoms with van der Waals surface area (Å²) in [5, 5.41) is 3.79. The van der Waals surface area contributed by atoms with Gasteiger partial charge in [0, 0.05) is 17.7 Å². The van der Waals surface area contributed by atoms with Gasteiger partial charge in [-0.3, -0.25) is 9.59 Å². The zero-order valence-corrected chi connectivity index (χ0v) is 18.1. The van der Waals surface area contributed by atoms with E-state index in [0.29, 0.717) is 23.5 Å². The van der Waals surface area contributed by atoms with Crippen LogP contribution in [0.5, 0.6) is 0 Å². The Morgan fingerprint density at radius 2 is 1.97 bits per heavy atom. The van der Waals surface area contributed by atoms with Crippen LogP contribution >= 0.6 is 11.3 Å². The van der Waals surface area contributed by atoms with E-state index in [1.807, 2.05) is 13.8 Å². The number of carbonyl (C=O) groups is 1. The lowest BCUT2D eigenvalue weighted by molar-refractivity contribution is -0.122. The molecule has 158 valence electrons. The Morgan fingerprint density at radius 1 is 1.27 bits per heavy atom. The molecule has 5 nitrogen and oxygen atoms in total. The second kappa shape index (κ2) is 8.68. The highest BCUT2D eigenvalue weighted by Gasteiger charge is 2.27. The number of aromatic nitrogens is 2. The number of benzene rings is 1. The lowest BCUT2D eigenvalue weighted by Crippen LogP contribution is -2.33. The maximum Gasteiger partial charge on any atom is 0.259 e. The third-order valence-electron chi connectivity index (χ3n) is 6.09. The summed E-state index contributed by atoms with van der Waals surface area (Å²) in [7, 11) is 0. The van der Waals surface area contributed by atoms with E-state index in [4.69, 9.17) is 0 Å². The van der Waals surface area contributed by atoms with Crippen molar-refractivity contribution in [3.8, 4) is 0 Å². The van der Waals surface area contributed by atoms with Crippen molar-refractivity contribution in [2.75, 3.05) is 0 Å². The largest absolute Gasteiger partial charge is 0.349 e. The van der Waals surface area contributed by atoms with E-state index < -0.39 is 0 Å². The average molecular weight is 428 g/mol. The standard InChI is InChI=1S/C23H26FN3O2S/c1-13-14(2)30-23-20(13)22(29)25-18(26-23)11-12-19(28)27-21(15-5-3-4-6-15)16-7-9-17(24)10-8-16/h7-10,15,21H,3-6,11-12H2,1-2H3,(H,27,28)(H,25,26,29). The molecule has 1 atom stereocenters. The molecule has 1 unspecified atom stereocenters. The minimum absolute atomic E-state index is 0.0856. The van der Waals surface area contributed by atoms with Gasteiger partial charge in [-0.05, 0) is 55.9 Å². The van der Waals surface area contributed by atoms with Crippen LogP contribution in [0.3, 0.4) is 0 Å². The lowest BCUT2D eigenvalue weighted by atomic mass is 9.91. The molecule has 7 heteroatoms. The van der Waals surface area contributed by atoms with E-state index >= 15 is 0 Å². The summed E-state index contributed by atoms with van der Waals surface area (Å²) < 4.78 is 13.3. The summed E-state index contributed by atoms with van der Waals surface area (Å²) in [5.41, 5.74) is 1.76. The third kappa shape index (κ3) is 4.31. The molecule has 1 amide bonds. The fourth-order valence-corrected chi connectivity index (χ4v) is 5.38. The van der Waals surface area contributed by atoms with Gasteiger partial charge in [0.1, 0.15) is 16.5 Å². The molecule has 2 aromatic heterocycles. The number of nitrogens with one attached hydrogen (secondary N) is 2. The first kappa shape index (κ1) is 20.7. The number of halogens is 1. The second-order valence-corrected chi connectivity index (χ2v) is 9.32. The van der Waals surface area contributed by atoms with Crippen molar-refractivity contribution in [1.29, 1.82) is 0 Å². The van der Waals surface area contributed by atoms with Crippen LogP contribution in [0.2, 0.25) is 0 Å². The molecule has 0 saturated heterocycles. The smallest absolute Gasteiger partial charge is 0.259 e. The fourth-order valence-electron chi connectivity index (χ4n) is 4.33. The van der Waals surface area contributed by atoms with Gasteiger partial charge in [-0.25, -0.2) is 9.37 Å². The molecule has 1 aliphatic carbocycles. The molecule has 2 N–H and O–H groups in total. The van der Waals surface area contributed by atoms with Gasteiger partial charge in [0.25, 0.3) is 5.56 Å². The van der Waals surface area contributed by atoms with Crippen LogP contribution in [0.4, 0.5) is 4.39 Å². The molecule has 0 spiro atoms. The van der Waals surface area contributed by atoms with Crippen LogP contribution in [0.15, 0.2) is 29.1 Å². The van der Waals surface area contributed by atoms with E-state index in [-0.39, 0.29) is 29.7 Å². The molecule has 0 radical (unpaired) electrons. The van der Waals surface area contributed by atoms with Gasteiger partial charge in [0.2, 0.25) is 5.91 Å². The number of hydrogen-bond donors (Lipinski definition) is 2. The lowest BCUT2D eigenvalue weighted by Gasteiger charge is -2.25. The number of amides is 1. The first-order chi connectivity index (χ1) is 14.4. The topological polar surface area (TPSA) is 74.8 Å². The Morgan fingerprint density at radius 3 is 2.67 bits per heavy atom. The summed E-state index contributed by atoms with van der Waals surface area (Å²) in [4.78, 5) is 34.3. The van der Waals surface area contributed by atoms with Crippen molar-refractivity contribution >= 4 is 27.5 Å². The highest BCUT2D eigenvalue weighted by atomic mass is 32.1. The number of thiophene rings is 1. The van der Waals surface area contributed by atoms with Gasteiger partial charge in [-0.15, -0.1) is 11.3 Å². The maximum absolute atomic E-state index is 13.3. The van der Waals surface area contributed by atoms with Gasteiger partial charge >= 0.3 is 0 Å². The predicted molar refractivity (Wildman–Crippen MR) is 117 cm³/mol. The number of aryl methyl sites for hydroxylation is 3. The van der Waals surface area contributed by atoms with E-state index in [2.05, 4.69) is 15.3 Å². The molecular formula is C23H26FN3O2S. The molecule has 0 aliphatic heterocycles. The Hall–Kier alpha value is -2.54. The van der Waals surface area contributed by atoms with E-state index in [0.717, 1.165) is 46.5 Å². The van der Waals surface area contributed by atoms with E-state index in [9.17, 15) is 14.0 Å². The second-order valence-electron chi connectivity index (χ2n) is 8.12. The van der Waals surface area contributed by atoms with Crippen LogP contribution in [-0.4, -0.2) is 15.9 Å². The highest BCUT2D eigenvalue weighted by Crippen LogP contribution is 2.36. The molecule has 1 aromatic carbocycles. The van der Waals surface area contributed by atoms with Crippen molar-refractivity contribution in [3.63, 3.8) is 0 Å². The summed E-state index contributed by atoms with van der Waals surface area (Å²) in [6.45, 7) is 3.91. The van der Waals surface area contributed by atoms with E-state index in [1.165, 1.54) is 23.5 Å². The number of aromatic amines is 1. The highest BCUT2D eigenvalue weighted by molar-refractivity contribution is 7.18. The van der Waals surface area contributed by atoms with Crippen molar-refractivity contribution in [3.05, 3.63) is 62.3 Å². The molecule has 1 saturated carbocycles.